The van der Waals surface area contributed by atoms with Crippen LogP contribution in [0, 0.1) is 5.82 Å². The molecule has 2 aromatic carbocycles. The van der Waals surface area contributed by atoms with Crippen molar-refractivity contribution in [1.29, 1.82) is 0 Å². The van der Waals surface area contributed by atoms with Crippen LogP contribution in [0.2, 0.25) is 0 Å². The van der Waals surface area contributed by atoms with Crippen molar-refractivity contribution in [2.45, 2.75) is 6.18 Å². The monoisotopic (exact) mass is 390 g/mol. The fourth-order valence-electron chi connectivity index (χ4n) is 2.08. The molecule has 1 amide bonds. The maximum Gasteiger partial charge on any atom is 0.416 e. The summed E-state index contributed by atoms with van der Waals surface area (Å²) in [6, 6.07) is 8.19. The number of nitrogens with zero attached hydrogens (tertiary/aromatic N) is 1. The van der Waals surface area contributed by atoms with Crippen LogP contribution in [-0.4, -0.2) is 27.1 Å². The van der Waals surface area contributed by atoms with Gasteiger partial charge in [-0.3, -0.25) is 9.10 Å². The lowest BCUT2D eigenvalue weighted by Gasteiger charge is -2.22. The van der Waals surface area contributed by atoms with E-state index in [0.29, 0.717) is 4.31 Å². The number of benzene rings is 2. The van der Waals surface area contributed by atoms with Crippen molar-refractivity contribution in [1.82, 2.24) is 0 Å². The number of hydrogen-bond acceptors (Lipinski definition) is 3. The first-order valence-electron chi connectivity index (χ1n) is 7.17. The lowest BCUT2D eigenvalue weighted by atomic mass is 10.2. The maximum atomic E-state index is 12.8. The largest absolute Gasteiger partial charge is 0.416 e. The van der Waals surface area contributed by atoms with Gasteiger partial charge in [0.1, 0.15) is 12.4 Å². The van der Waals surface area contributed by atoms with Gasteiger partial charge < -0.3 is 5.32 Å². The van der Waals surface area contributed by atoms with E-state index in [1.54, 1.807) is 0 Å². The van der Waals surface area contributed by atoms with Crippen LogP contribution < -0.4 is 9.62 Å². The van der Waals surface area contributed by atoms with Crippen LogP contribution in [0.15, 0.2) is 48.5 Å². The molecule has 2 aromatic rings. The number of hydrogen-bond donors (Lipinski definition) is 1. The molecule has 0 heterocycles. The Hall–Kier alpha value is -2.62. The zero-order chi connectivity index (χ0) is 19.5. The number of carbonyl (C=O) groups is 1. The highest BCUT2D eigenvalue weighted by molar-refractivity contribution is 7.92. The Bertz CT molecular complexity index is 879. The normalized spacial score (nSPS) is 11.9. The van der Waals surface area contributed by atoms with Gasteiger partial charge in [0.05, 0.1) is 17.5 Å². The first-order valence-corrected chi connectivity index (χ1v) is 9.02. The molecule has 0 unspecified atom stereocenters. The van der Waals surface area contributed by atoms with E-state index in [1.807, 2.05) is 0 Å². The molecular formula is C16H14F4N2O3S. The fourth-order valence-corrected chi connectivity index (χ4v) is 2.94. The lowest BCUT2D eigenvalue weighted by Crippen LogP contribution is -2.37. The third-order valence-corrected chi connectivity index (χ3v) is 4.44. The number of nitrogens with one attached hydrogen (secondary N) is 1. The molecule has 0 saturated heterocycles. The van der Waals surface area contributed by atoms with Gasteiger partial charge in [-0.05, 0) is 48.5 Å². The number of halogens is 4. The highest BCUT2D eigenvalue weighted by Gasteiger charge is 2.30. The van der Waals surface area contributed by atoms with Crippen LogP contribution in [0.25, 0.3) is 0 Å². The van der Waals surface area contributed by atoms with Crippen LogP contribution in [0.5, 0.6) is 0 Å². The minimum atomic E-state index is -4.56. The molecule has 0 atom stereocenters. The van der Waals surface area contributed by atoms with Gasteiger partial charge in [-0.1, -0.05) is 0 Å². The Kier molecular flexibility index (Phi) is 5.55. The lowest BCUT2D eigenvalue weighted by molar-refractivity contribution is -0.137. The van der Waals surface area contributed by atoms with Crippen molar-refractivity contribution in [3.05, 3.63) is 59.9 Å². The number of sulfonamides is 1. The number of rotatable bonds is 5. The maximum absolute atomic E-state index is 12.8. The summed E-state index contributed by atoms with van der Waals surface area (Å²) in [7, 11) is -3.93. The van der Waals surface area contributed by atoms with Gasteiger partial charge in [0.2, 0.25) is 15.9 Å². The Balaban J connectivity index is 2.20. The highest BCUT2D eigenvalue weighted by Crippen LogP contribution is 2.31. The molecule has 0 radical (unpaired) electrons. The summed E-state index contributed by atoms with van der Waals surface area (Å²) in [4.78, 5) is 12.1. The summed E-state index contributed by atoms with van der Waals surface area (Å²) in [5.41, 5.74) is -0.780. The van der Waals surface area contributed by atoms with E-state index in [-0.39, 0.29) is 11.4 Å². The van der Waals surface area contributed by atoms with Gasteiger partial charge in [-0.25, -0.2) is 12.8 Å². The van der Waals surface area contributed by atoms with Crippen molar-refractivity contribution >= 4 is 27.3 Å². The van der Waals surface area contributed by atoms with E-state index < -0.39 is 40.0 Å². The van der Waals surface area contributed by atoms with Crippen LogP contribution in [0.4, 0.5) is 28.9 Å². The third-order valence-electron chi connectivity index (χ3n) is 3.30. The quantitative estimate of drug-likeness (QED) is 0.797. The molecule has 0 fully saturated rings. The summed E-state index contributed by atoms with van der Waals surface area (Å²) >= 11 is 0. The first kappa shape index (κ1) is 19.7. The minimum Gasteiger partial charge on any atom is -0.325 e. The standard InChI is InChI=1S/C16H14F4N2O3S/c1-26(24,25)22(14-8-2-11(3-9-14)16(18,19)20)10-15(23)21-13-6-4-12(17)5-7-13/h2-9H,10H2,1H3,(H,21,23). The van der Waals surface area contributed by atoms with Crippen molar-refractivity contribution in [3.8, 4) is 0 Å². The summed E-state index contributed by atoms with van der Waals surface area (Å²) in [5.74, 6) is -1.24. The zero-order valence-electron chi connectivity index (χ0n) is 13.4. The van der Waals surface area contributed by atoms with Crippen LogP contribution >= 0.6 is 0 Å². The summed E-state index contributed by atoms with van der Waals surface area (Å²) in [6.45, 7) is -0.651. The van der Waals surface area contributed by atoms with Crippen molar-refractivity contribution in [2.75, 3.05) is 22.4 Å². The van der Waals surface area contributed by atoms with Gasteiger partial charge in [0.15, 0.2) is 0 Å². The molecule has 26 heavy (non-hydrogen) atoms. The van der Waals surface area contributed by atoms with E-state index in [2.05, 4.69) is 5.32 Å². The summed E-state index contributed by atoms with van der Waals surface area (Å²) in [5, 5.41) is 2.39. The second kappa shape index (κ2) is 7.32. The Morgan fingerprint density at radius 3 is 2.04 bits per heavy atom. The minimum absolute atomic E-state index is 0.0882. The molecule has 0 aromatic heterocycles. The fraction of sp³-hybridized carbons (Fsp3) is 0.188. The van der Waals surface area contributed by atoms with Crippen molar-refractivity contribution < 1.29 is 30.8 Å². The predicted molar refractivity (Wildman–Crippen MR) is 88.7 cm³/mol. The number of anilines is 2. The summed E-state index contributed by atoms with van der Waals surface area (Å²) in [6.07, 6.45) is -3.73. The Labute approximate surface area is 147 Å². The van der Waals surface area contributed by atoms with Gasteiger partial charge >= 0.3 is 6.18 Å². The van der Waals surface area contributed by atoms with Crippen molar-refractivity contribution in [2.24, 2.45) is 0 Å². The van der Waals surface area contributed by atoms with Crippen LogP contribution in [0.1, 0.15) is 5.56 Å². The average Bonchev–Trinajstić information content (AvgIpc) is 2.53. The predicted octanol–water partition coefficient (Wildman–Crippen LogP) is 3.25. The number of alkyl halides is 3. The molecule has 2 rings (SSSR count). The molecule has 10 heteroatoms. The third kappa shape index (κ3) is 5.19. The van der Waals surface area contributed by atoms with E-state index in [1.165, 1.54) is 12.1 Å². The van der Waals surface area contributed by atoms with E-state index >= 15 is 0 Å². The van der Waals surface area contributed by atoms with Gasteiger partial charge in [0, 0.05) is 5.69 Å². The van der Waals surface area contributed by atoms with Crippen molar-refractivity contribution in [3.63, 3.8) is 0 Å². The van der Waals surface area contributed by atoms with E-state index in [4.69, 9.17) is 0 Å². The molecule has 1 N–H and O–H groups in total. The zero-order valence-corrected chi connectivity index (χ0v) is 14.2. The molecule has 5 nitrogen and oxygen atoms in total. The Morgan fingerprint density at radius 2 is 1.58 bits per heavy atom. The highest BCUT2D eigenvalue weighted by atomic mass is 32.2. The molecule has 0 aliphatic carbocycles. The smallest absolute Gasteiger partial charge is 0.325 e. The SMILES string of the molecule is CS(=O)(=O)N(CC(=O)Nc1ccc(F)cc1)c1ccc(C(F)(F)F)cc1. The first-order chi connectivity index (χ1) is 12.0. The average molecular weight is 390 g/mol. The number of carbonyl (C=O) groups excluding carboxylic acids is 1. The second-order valence-electron chi connectivity index (χ2n) is 5.37. The van der Waals surface area contributed by atoms with Crippen LogP contribution in [-0.2, 0) is 21.0 Å². The van der Waals surface area contributed by atoms with E-state index in [0.717, 1.165) is 42.7 Å². The molecule has 0 saturated carbocycles. The second-order valence-corrected chi connectivity index (χ2v) is 7.28. The molecule has 140 valence electrons. The molecule has 0 spiro atoms. The van der Waals surface area contributed by atoms with Crippen LogP contribution in [0.3, 0.4) is 0 Å². The molecule has 0 aliphatic heterocycles. The van der Waals surface area contributed by atoms with Gasteiger partial charge in [-0.2, -0.15) is 13.2 Å². The van der Waals surface area contributed by atoms with Gasteiger partial charge in [0.25, 0.3) is 0 Å². The number of amides is 1. The Morgan fingerprint density at radius 1 is 1.04 bits per heavy atom. The molecular weight excluding hydrogens is 376 g/mol. The summed E-state index contributed by atoms with van der Waals surface area (Å²) < 4.78 is 75.2. The molecule has 0 aliphatic rings. The van der Waals surface area contributed by atoms with Gasteiger partial charge in [-0.15, -0.1) is 0 Å². The van der Waals surface area contributed by atoms with E-state index in [9.17, 15) is 30.8 Å². The topological polar surface area (TPSA) is 66.5 Å². The molecule has 0 bridgehead atoms.